The van der Waals surface area contributed by atoms with Gasteiger partial charge in [-0.2, -0.15) is 0 Å². The molecule has 0 unspecified atom stereocenters. The van der Waals surface area contributed by atoms with Crippen molar-refractivity contribution in [3.05, 3.63) is 59.2 Å². The SMILES string of the molecule is COc1ccc(CN(C)C(=O)CN(C)CCOc2cc(C)cc(C)c2)cc1. The highest BCUT2D eigenvalue weighted by atomic mass is 16.5. The van der Waals surface area contributed by atoms with Crippen molar-refractivity contribution in [2.75, 3.05) is 40.9 Å². The van der Waals surface area contributed by atoms with Crippen LogP contribution in [0.15, 0.2) is 42.5 Å². The molecule has 0 aliphatic carbocycles. The largest absolute Gasteiger partial charge is 0.497 e. The first-order chi connectivity index (χ1) is 12.9. The van der Waals surface area contributed by atoms with Gasteiger partial charge < -0.3 is 14.4 Å². The molecule has 146 valence electrons. The van der Waals surface area contributed by atoms with Crippen LogP contribution in [0, 0.1) is 13.8 Å². The lowest BCUT2D eigenvalue weighted by Gasteiger charge is -2.22. The monoisotopic (exact) mass is 370 g/mol. The minimum atomic E-state index is 0.0831. The summed E-state index contributed by atoms with van der Waals surface area (Å²) < 4.78 is 11.0. The van der Waals surface area contributed by atoms with Gasteiger partial charge in [-0.25, -0.2) is 0 Å². The lowest BCUT2D eigenvalue weighted by molar-refractivity contribution is -0.131. The van der Waals surface area contributed by atoms with E-state index in [1.807, 2.05) is 55.4 Å². The van der Waals surface area contributed by atoms with E-state index in [9.17, 15) is 4.79 Å². The molecule has 2 aromatic rings. The normalized spacial score (nSPS) is 10.7. The van der Waals surface area contributed by atoms with Crippen LogP contribution in [0.4, 0.5) is 0 Å². The zero-order chi connectivity index (χ0) is 19.8. The van der Waals surface area contributed by atoms with E-state index in [2.05, 4.69) is 19.9 Å². The summed E-state index contributed by atoms with van der Waals surface area (Å²) in [5.74, 6) is 1.78. The van der Waals surface area contributed by atoms with Crippen LogP contribution in [0.2, 0.25) is 0 Å². The van der Waals surface area contributed by atoms with Gasteiger partial charge in [-0.3, -0.25) is 9.69 Å². The van der Waals surface area contributed by atoms with Crippen molar-refractivity contribution in [1.82, 2.24) is 9.80 Å². The average Bonchev–Trinajstić information content (AvgIpc) is 2.61. The van der Waals surface area contributed by atoms with E-state index >= 15 is 0 Å². The Morgan fingerprint density at radius 1 is 0.963 bits per heavy atom. The predicted octanol–water partition coefficient (Wildman–Crippen LogP) is 3.28. The van der Waals surface area contributed by atoms with Gasteiger partial charge in [0, 0.05) is 20.1 Å². The minimum absolute atomic E-state index is 0.0831. The van der Waals surface area contributed by atoms with Crippen molar-refractivity contribution in [1.29, 1.82) is 0 Å². The van der Waals surface area contributed by atoms with E-state index in [4.69, 9.17) is 9.47 Å². The van der Waals surface area contributed by atoms with Crippen LogP contribution in [0.25, 0.3) is 0 Å². The van der Waals surface area contributed by atoms with E-state index in [0.29, 0.717) is 26.2 Å². The topological polar surface area (TPSA) is 42.0 Å². The molecule has 0 heterocycles. The molecule has 0 aromatic heterocycles. The van der Waals surface area contributed by atoms with Gasteiger partial charge >= 0.3 is 0 Å². The summed E-state index contributed by atoms with van der Waals surface area (Å²) in [6, 6.07) is 13.9. The number of carbonyl (C=O) groups is 1. The zero-order valence-electron chi connectivity index (χ0n) is 17.0. The lowest BCUT2D eigenvalue weighted by atomic mass is 10.1. The van der Waals surface area contributed by atoms with E-state index in [0.717, 1.165) is 17.1 Å². The summed E-state index contributed by atoms with van der Waals surface area (Å²) in [7, 11) is 5.40. The number of carbonyl (C=O) groups excluding carboxylic acids is 1. The second kappa shape index (κ2) is 9.97. The van der Waals surface area contributed by atoms with E-state index in [-0.39, 0.29) is 5.91 Å². The zero-order valence-corrected chi connectivity index (χ0v) is 17.0. The van der Waals surface area contributed by atoms with E-state index in [1.54, 1.807) is 12.0 Å². The maximum Gasteiger partial charge on any atom is 0.236 e. The number of hydrogen-bond donors (Lipinski definition) is 0. The fourth-order valence-electron chi connectivity index (χ4n) is 2.86. The summed E-state index contributed by atoms with van der Waals surface area (Å²) in [6.07, 6.45) is 0. The van der Waals surface area contributed by atoms with Crippen LogP contribution in [0.5, 0.6) is 11.5 Å². The Bertz CT molecular complexity index is 723. The molecule has 2 rings (SSSR count). The van der Waals surface area contributed by atoms with Gasteiger partial charge in [-0.15, -0.1) is 0 Å². The summed E-state index contributed by atoms with van der Waals surface area (Å²) in [4.78, 5) is 16.1. The molecule has 0 bridgehead atoms. The van der Waals surface area contributed by atoms with Crippen LogP contribution < -0.4 is 9.47 Å². The van der Waals surface area contributed by atoms with Crippen molar-refractivity contribution in [3.8, 4) is 11.5 Å². The van der Waals surface area contributed by atoms with Gasteiger partial charge in [0.05, 0.1) is 13.7 Å². The van der Waals surface area contributed by atoms with Gasteiger partial charge in [0.1, 0.15) is 18.1 Å². The highest BCUT2D eigenvalue weighted by Gasteiger charge is 2.12. The number of ether oxygens (including phenoxy) is 2. The summed E-state index contributed by atoms with van der Waals surface area (Å²) in [6.45, 7) is 6.30. The molecule has 5 heteroatoms. The quantitative estimate of drug-likeness (QED) is 0.679. The Kier molecular flexibility index (Phi) is 7.67. The van der Waals surface area contributed by atoms with Crippen LogP contribution in [-0.4, -0.2) is 56.6 Å². The second-order valence-corrected chi connectivity index (χ2v) is 7.01. The van der Waals surface area contributed by atoms with Crippen LogP contribution >= 0.6 is 0 Å². The van der Waals surface area contributed by atoms with E-state index < -0.39 is 0 Å². The Morgan fingerprint density at radius 2 is 1.59 bits per heavy atom. The molecular weight excluding hydrogens is 340 g/mol. The molecule has 0 N–H and O–H groups in total. The van der Waals surface area contributed by atoms with Crippen molar-refractivity contribution in [2.24, 2.45) is 0 Å². The predicted molar refractivity (Wildman–Crippen MR) is 108 cm³/mol. The standard InChI is InChI=1S/C22H30N2O3/c1-17-12-18(2)14-21(13-17)27-11-10-23(3)16-22(25)24(4)15-19-6-8-20(26-5)9-7-19/h6-9,12-14H,10-11,15-16H2,1-5H3. The third-order valence-electron chi connectivity index (χ3n) is 4.35. The number of nitrogens with zero attached hydrogens (tertiary/aromatic N) is 2. The molecule has 0 spiro atoms. The van der Waals surface area contributed by atoms with Gasteiger partial charge in [0.15, 0.2) is 0 Å². The number of aryl methyl sites for hydroxylation is 2. The molecule has 0 saturated heterocycles. The molecule has 0 aliphatic heterocycles. The Balaban J connectivity index is 1.74. The average molecular weight is 370 g/mol. The third-order valence-corrected chi connectivity index (χ3v) is 4.35. The number of methoxy groups -OCH3 is 1. The molecule has 0 fully saturated rings. The van der Waals surface area contributed by atoms with Crippen molar-refractivity contribution in [2.45, 2.75) is 20.4 Å². The van der Waals surface area contributed by atoms with Gasteiger partial charge in [-0.05, 0) is 61.9 Å². The number of rotatable bonds is 9. The second-order valence-electron chi connectivity index (χ2n) is 7.01. The fourth-order valence-corrected chi connectivity index (χ4v) is 2.86. The smallest absolute Gasteiger partial charge is 0.236 e. The van der Waals surface area contributed by atoms with Crippen molar-refractivity contribution in [3.63, 3.8) is 0 Å². The maximum absolute atomic E-state index is 12.4. The van der Waals surface area contributed by atoms with Crippen molar-refractivity contribution >= 4 is 5.91 Å². The first-order valence-electron chi connectivity index (χ1n) is 9.14. The van der Waals surface area contributed by atoms with Gasteiger partial charge in [0.25, 0.3) is 0 Å². The van der Waals surface area contributed by atoms with Crippen LogP contribution in [0.3, 0.4) is 0 Å². The molecule has 2 aromatic carbocycles. The first kappa shape index (κ1) is 20.8. The molecule has 0 atom stereocenters. The Hall–Kier alpha value is -2.53. The summed E-state index contributed by atoms with van der Waals surface area (Å²) >= 11 is 0. The Labute approximate surface area is 162 Å². The number of benzene rings is 2. The van der Waals surface area contributed by atoms with Gasteiger partial charge in [-0.1, -0.05) is 18.2 Å². The molecule has 5 nitrogen and oxygen atoms in total. The number of likely N-dealkylation sites (N-methyl/N-ethyl adjacent to an activating group) is 2. The molecule has 27 heavy (non-hydrogen) atoms. The summed E-state index contributed by atoms with van der Waals surface area (Å²) in [5.41, 5.74) is 3.45. The maximum atomic E-state index is 12.4. The molecule has 1 amide bonds. The van der Waals surface area contributed by atoms with E-state index in [1.165, 1.54) is 11.1 Å². The Morgan fingerprint density at radius 3 is 2.19 bits per heavy atom. The highest BCUT2D eigenvalue weighted by Crippen LogP contribution is 2.16. The molecule has 0 aliphatic rings. The van der Waals surface area contributed by atoms with Crippen molar-refractivity contribution < 1.29 is 14.3 Å². The van der Waals surface area contributed by atoms with Crippen LogP contribution in [-0.2, 0) is 11.3 Å². The van der Waals surface area contributed by atoms with Crippen LogP contribution in [0.1, 0.15) is 16.7 Å². The fraction of sp³-hybridized carbons (Fsp3) is 0.409. The number of hydrogen-bond acceptors (Lipinski definition) is 4. The highest BCUT2D eigenvalue weighted by molar-refractivity contribution is 5.77. The first-order valence-corrected chi connectivity index (χ1v) is 9.14. The number of amides is 1. The lowest BCUT2D eigenvalue weighted by Crippen LogP contribution is -2.37. The minimum Gasteiger partial charge on any atom is -0.497 e. The summed E-state index contributed by atoms with van der Waals surface area (Å²) in [5, 5.41) is 0. The molecular formula is C22H30N2O3. The molecule has 0 radical (unpaired) electrons. The third kappa shape index (κ3) is 6.94. The van der Waals surface area contributed by atoms with Gasteiger partial charge in [0.2, 0.25) is 5.91 Å². The molecule has 0 saturated carbocycles.